The monoisotopic (exact) mass is 838 g/mol. The second-order valence-corrected chi connectivity index (χ2v) is 14.5. The number of benzene rings is 3. The number of fused-ring (bicyclic) bond motifs is 1. The molecule has 4 amide bonds. The smallest absolute Gasteiger partial charge is 0.475 e. The van der Waals surface area contributed by atoms with Gasteiger partial charge in [0, 0.05) is 61.8 Å². The SMILES string of the molecule is O=C(NC1(C(=O)N[C@H](Cc2ccccc2)C(=O)NCCC(=O)N2CCN(c3ccccn3)CC2)CCCC1)c1ccc2cc(Br)ccc2c1.O=C(O)C(F)(F)F. The van der Waals surface area contributed by atoms with Gasteiger partial charge in [0.25, 0.3) is 5.91 Å². The van der Waals surface area contributed by atoms with Gasteiger partial charge < -0.3 is 30.9 Å². The van der Waals surface area contributed by atoms with Crippen LogP contribution in [0.1, 0.15) is 48.0 Å². The van der Waals surface area contributed by atoms with Gasteiger partial charge in [-0.25, -0.2) is 9.78 Å². The molecule has 4 aromatic rings. The third-order valence-corrected chi connectivity index (χ3v) is 10.2. The maximum atomic E-state index is 14.0. The van der Waals surface area contributed by atoms with E-state index in [1.165, 1.54) is 0 Å². The second-order valence-electron chi connectivity index (χ2n) is 13.6. The zero-order chi connectivity index (χ0) is 40.3. The molecule has 296 valence electrons. The lowest BCUT2D eigenvalue weighted by molar-refractivity contribution is -0.192. The van der Waals surface area contributed by atoms with Gasteiger partial charge in [0.05, 0.1) is 0 Å². The van der Waals surface area contributed by atoms with E-state index in [2.05, 4.69) is 41.8 Å². The predicted molar refractivity (Wildman–Crippen MR) is 207 cm³/mol. The Hall–Kier alpha value is -5.51. The second kappa shape index (κ2) is 18.9. The summed E-state index contributed by atoms with van der Waals surface area (Å²) >= 11 is 3.48. The van der Waals surface area contributed by atoms with Crippen LogP contribution in [0.15, 0.2) is 95.6 Å². The van der Waals surface area contributed by atoms with Gasteiger partial charge in [-0.15, -0.1) is 0 Å². The molecular formula is C40H42BrF3N6O6. The lowest BCUT2D eigenvalue weighted by atomic mass is 9.94. The predicted octanol–water partition coefficient (Wildman–Crippen LogP) is 5.26. The van der Waals surface area contributed by atoms with Crippen LogP contribution in [0, 0.1) is 0 Å². The minimum absolute atomic E-state index is 0.0291. The molecule has 2 heterocycles. The van der Waals surface area contributed by atoms with Gasteiger partial charge in [0.1, 0.15) is 17.4 Å². The highest BCUT2D eigenvalue weighted by molar-refractivity contribution is 9.10. The van der Waals surface area contributed by atoms with Crippen molar-refractivity contribution < 1.29 is 42.3 Å². The number of anilines is 1. The molecule has 3 aromatic carbocycles. The molecule has 16 heteroatoms. The summed E-state index contributed by atoms with van der Waals surface area (Å²) in [6.45, 7) is 2.70. The maximum Gasteiger partial charge on any atom is 0.490 e. The van der Waals surface area contributed by atoms with E-state index >= 15 is 0 Å². The first kappa shape index (κ1) is 41.6. The van der Waals surface area contributed by atoms with Gasteiger partial charge in [-0.2, -0.15) is 13.2 Å². The number of piperazine rings is 1. The van der Waals surface area contributed by atoms with Gasteiger partial charge in [0.15, 0.2) is 0 Å². The lowest BCUT2D eigenvalue weighted by Crippen LogP contribution is -2.61. The normalized spacial score (nSPS) is 15.6. The summed E-state index contributed by atoms with van der Waals surface area (Å²) in [5, 5.41) is 18.0. The summed E-state index contributed by atoms with van der Waals surface area (Å²) in [7, 11) is 0. The van der Waals surface area contributed by atoms with Crippen molar-refractivity contribution in [2.75, 3.05) is 37.6 Å². The van der Waals surface area contributed by atoms with E-state index < -0.39 is 23.7 Å². The number of alkyl halides is 3. The van der Waals surface area contributed by atoms with Crippen LogP contribution >= 0.6 is 15.9 Å². The van der Waals surface area contributed by atoms with Crippen LogP contribution in [0.5, 0.6) is 0 Å². The molecule has 12 nitrogen and oxygen atoms in total. The van der Waals surface area contributed by atoms with E-state index in [-0.39, 0.29) is 43.0 Å². The zero-order valence-corrected chi connectivity index (χ0v) is 31.9. The molecule has 2 aliphatic rings. The number of carbonyl (C=O) groups excluding carboxylic acids is 4. The lowest BCUT2D eigenvalue weighted by Gasteiger charge is -2.35. The van der Waals surface area contributed by atoms with Gasteiger partial charge in [-0.3, -0.25) is 19.2 Å². The van der Waals surface area contributed by atoms with Crippen LogP contribution in [0.2, 0.25) is 0 Å². The highest BCUT2D eigenvalue weighted by Crippen LogP contribution is 2.31. The summed E-state index contributed by atoms with van der Waals surface area (Å²) in [5.41, 5.74) is 0.223. The van der Waals surface area contributed by atoms with Crippen molar-refractivity contribution in [3.05, 3.63) is 107 Å². The Morgan fingerprint density at radius 1 is 0.857 bits per heavy atom. The minimum Gasteiger partial charge on any atom is -0.475 e. The molecule has 1 saturated carbocycles. The Bertz CT molecular complexity index is 2010. The number of carboxylic acid groups (broad SMARTS) is 1. The Balaban J connectivity index is 0.000000784. The quantitative estimate of drug-likeness (QED) is 0.159. The van der Waals surface area contributed by atoms with Gasteiger partial charge >= 0.3 is 12.1 Å². The molecule has 6 rings (SSSR count). The van der Waals surface area contributed by atoms with Gasteiger partial charge in [0.2, 0.25) is 17.7 Å². The number of pyridine rings is 1. The molecular weight excluding hydrogens is 797 g/mol. The first-order valence-corrected chi connectivity index (χ1v) is 18.9. The fourth-order valence-corrected chi connectivity index (χ4v) is 7.07. The number of hydrogen-bond donors (Lipinski definition) is 4. The summed E-state index contributed by atoms with van der Waals surface area (Å²) in [4.78, 5) is 71.4. The van der Waals surface area contributed by atoms with E-state index in [0.29, 0.717) is 44.6 Å². The summed E-state index contributed by atoms with van der Waals surface area (Å²) in [6, 6.07) is 25.7. The first-order valence-electron chi connectivity index (χ1n) is 18.1. The number of carbonyl (C=O) groups is 5. The molecule has 2 fully saturated rings. The Kier molecular flexibility index (Phi) is 14.0. The van der Waals surface area contributed by atoms with E-state index in [1.807, 2.05) is 83.8 Å². The number of carboxylic acids is 1. The van der Waals surface area contributed by atoms with E-state index in [9.17, 15) is 32.3 Å². The molecule has 1 saturated heterocycles. The highest BCUT2D eigenvalue weighted by atomic mass is 79.9. The van der Waals surface area contributed by atoms with Crippen molar-refractivity contribution in [1.82, 2.24) is 25.8 Å². The fraction of sp³-hybridized carbons (Fsp3) is 0.350. The highest BCUT2D eigenvalue weighted by Gasteiger charge is 2.44. The molecule has 0 spiro atoms. The van der Waals surface area contributed by atoms with Gasteiger partial charge in [-0.1, -0.05) is 77.3 Å². The van der Waals surface area contributed by atoms with Crippen LogP contribution in [0.4, 0.5) is 19.0 Å². The van der Waals surface area contributed by atoms with Crippen LogP contribution in [-0.2, 0) is 25.6 Å². The molecule has 1 atom stereocenters. The molecule has 0 unspecified atom stereocenters. The van der Waals surface area contributed by atoms with Crippen molar-refractivity contribution in [3.63, 3.8) is 0 Å². The average molecular weight is 840 g/mol. The van der Waals surface area contributed by atoms with Crippen LogP contribution < -0.4 is 20.9 Å². The minimum atomic E-state index is -5.08. The third kappa shape index (κ3) is 11.3. The number of aromatic nitrogens is 1. The van der Waals surface area contributed by atoms with Gasteiger partial charge in [-0.05, 0) is 65.6 Å². The Morgan fingerprint density at radius 3 is 2.14 bits per heavy atom. The topological polar surface area (TPSA) is 161 Å². The molecule has 1 aliphatic heterocycles. The van der Waals surface area contributed by atoms with Crippen LogP contribution in [0.25, 0.3) is 10.8 Å². The van der Waals surface area contributed by atoms with E-state index in [0.717, 1.165) is 39.5 Å². The number of nitrogens with zero attached hydrogens (tertiary/aromatic N) is 3. The molecule has 0 radical (unpaired) electrons. The maximum absolute atomic E-state index is 14.0. The summed E-state index contributed by atoms with van der Waals surface area (Å²) < 4.78 is 32.7. The summed E-state index contributed by atoms with van der Waals surface area (Å²) in [5.74, 6) is -2.96. The molecule has 0 bridgehead atoms. The van der Waals surface area contributed by atoms with Crippen molar-refractivity contribution in [3.8, 4) is 0 Å². The third-order valence-electron chi connectivity index (χ3n) is 9.70. The average Bonchev–Trinajstić information content (AvgIpc) is 3.67. The number of aliphatic carboxylic acids is 1. The van der Waals surface area contributed by atoms with Crippen molar-refractivity contribution in [2.24, 2.45) is 0 Å². The Morgan fingerprint density at radius 2 is 1.50 bits per heavy atom. The number of hydrogen-bond acceptors (Lipinski definition) is 7. The number of amides is 4. The standard InChI is InChI=1S/C38H41BrN6O4.C2HF3O2/c39-31-14-13-28-25-30(12-11-29(28)26-31)35(47)43-38(16-5-6-17-38)37(49)42-32(24-27-8-2-1-3-9-27)36(48)41-19-15-34(46)45-22-20-44(21-23-45)33-10-4-7-18-40-33;3-2(4,5)1(6)7/h1-4,7-14,18,25-26,32H,5-6,15-17,19-24H2,(H,41,48)(H,42,49)(H,43,47);(H,6,7)/t32-;/m1./s1. The van der Waals surface area contributed by atoms with Crippen molar-refractivity contribution in [2.45, 2.75) is 56.3 Å². The van der Waals surface area contributed by atoms with Crippen LogP contribution in [0.3, 0.4) is 0 Å². The van der Waals surface area contributed by atoms with E-state index in [1.54, 1.807) is 12.3 Å². The zero-order valence-electron chi connectivity index (χ0n) is 30.4. The Labute approximate surface area is 330 Å². The largest absolute Gasteiger partial charge is 0.490 e. The number of rotatable bonds is 11. The number of halogens is 4. The molecule has 1 aliphatic carbocycles. The number of nitrogens with one attached hydrogen (secondary N) is 3. The molecule has 4 N–H and O–H groups in total. The fourth-order valence-electron chi connectivity index (χ4n) is 6.69. The van der Waals surface area contributed by atoms with E-state index in [4.69, 9.17) is 9.90 Å². The molecule has 56 heavy (non-hydrogen) atoms. The first-order chi connectivity index (χ1) is 26.7. The molecule has 1 aromatic heterocycles. The van der Waals surface area contributed by atoms with Crippen molar-refractivity contribution in [1.29, 1.82) is 0 Å². The van der Waals surface area contributed by atoms with Crippen molar-refractivity contribution >= 4 is 62.1 Å². The summed E-state index contributed by atoms with van der Waals surface area (Å²) in [6.07, 6.45) is -0.367. The van der Waals surface area contributed by atoms with Crippen LogP contribution in [-0.4, -0.2) is 95.1 Å².